The highest BCUT2D eigenvalue weighted by molar-refractivity contribution is 6.33. The van der Waals surface area contributed by atoms with Gasteiger partial charge in [-0.05, 0) is 48.7 Å². The van der Waals surface area contributed by atoms with Gasteiger partial charge in [0.1, 0.15) is 0 Å². The van der Waals surface area contributed by atoms with Crippen LogP contribution in [-0.2, 0) is 9.53 Å². The van der Waals surface area contributed by atoms with Gasteiger partial charge in [-0.25, -0.2) is 4.79 Å². The lowest BCUT2D eigenvalue weighted by Gasteiger charge is -2.30. The lowest BCUT2D eigenvalue weighted by atomic mass is 9.97. The topological polar surface area (TPSA) is 111 Å². The van der Waals surface area contributed by atoms with E-state index in [1.54, 1.807) is 23.1 Å². The molecular weight excluding hydrogens is 418 g/mol. The number of likely N-dealkylation sites (tertiary alicyclic amines) is 1. The Labute approximate surface area is 183 Å². The number of hydrogen-bond donors (Lipinski definition) is 2. The van der Waals surface area contributed by atoms with Crippen molar-refractivity contribution in [2.45, 2.75) is 12.8 Å². The lowest BCUT2D eigenvalue weighted by Crippen LogP contribution is -2.43. The second kappa shape index (κ2) is 8.66. The van der Waals surface area contributed by atoms with Crippen molar-refractivity contribution in [3.8, 4) is 17.2 Å². The van der Waals surface area contributed by atoms with Crippen molar-refractivity contribution in [1.82, 2.24) is 15.1 Å². The number of amides is 2. The maximum atomic E-state index is 12.9. The van der Waals surface area contributed by atoms with Gasteiger partial charge in [0.2, 0.25) is 5.91 Å². The number of H-pyrrole nitrogens is 1. The van der Waals surface area contributed by atoms with E-state index in [9.17, 15) is 14.9 Å². The number of aromatic amines is 1. The highest BCUT2D eigenvalue weighted by Crippen LogP contribution is 2.33. The van der Waals surface area contributed by atoms with Gasteiger partial charge in [0.05, 0.1) is 30.2 Å². The summed E-state index contributed by atoms with van der Waals surface area (Å²) in [4.78, 5) is 26.2. The zero-order chi connectivity index (χ0) is 22.0. The number of nitriles is 1. The van der Waals surface area contributed by atoms with E-state index in [0.29, 0.717) is 35.9 Å². The van der Waals surface area contributed by atoms with Crippen molar-refractivity contribution < 1.29 is 14.3 Å². The molecule has 1 fully saturated rings. The SMILES string of the molecule is COC(=O)N1CCC[C@@H](C(=O)Nc2n[nH]c3ccc(-c4cc(C#N)ccc4Cl)cc23)C1. The third-order valence-corrected chi connectivity index (χ3v) is 5.77. The van der Waals surface area contributed by atoms with Crippen LogP contribution >= 0.6 is 11.6 Å². The minimum atomic E-state index is -0.427. The van der Waals surface area contributed by atoms with Gasteiger partial charge in [0.15, 0.2) is 5.82 Å². The molecule has 1 aliphatic heterocycles. The monoisotopic (exact) mass is 437 g/mol. The van der Waals surface area contributed by atoms with Gasteiger partial charge < -0.3 is 15.0 Å². The van der Waals surface area contributed by atoms with E-state index >= 15 is 0 Å². The van der Waals surface area contributed by atoms with Crippen molar-refractivity contribution in [3.05, 3.63) is 47.0 Å². The van der Waals surface area contributed by atoms with Crippen LogP contribution in [0.4, 0.5) is 10.6 Å². The summed E-state index contributed by atoms with van der Waals surface area (Å²) in [5.74, 6) is -0.133. The number of methoxy groups -OCH3 is 1. The fraction of sp³-hybridized carbons (Fsp3) is 0.273. The van der Waals surface area contributed by atoms with Crippen LogP contribution in [0.2, 0.25) is 5.02 Å². The molecule has 2 heterocycles. The Kier molecular flexibility index (Phi) is 5.78. The summed E-state index contributed by atoms with van der Waals surface area (Å²) in [6.45, 7) is 0.885. The maximum Gasteiger partial charge on any atom is 0.409 e. The standard InChI is InChI=1S/C22H20ClN5O3/c1-31-22(30)28-8-2-3-15(12-28)21(29)25-20-17-10-14(5-7-19(17)26-27-20)16-9-13(11-24)4-6-18(16)23/h4-7,9-10,15H,2-3,8,12H2,1H3,(H2,25,26,27,29)/t15-/m1/s1. The molecule has 0 spiro atoms. The van der Waals surface area contributed by atoms with Crippen molar-refractivity contribution in [2.24, 2.45) is 5.92 Å². The van der Waals surface area contributed by atoms with Crippen LogP contribution in [-0.4, -0.2) is 47.3 Å². The molecule has 0 aliphatic carbocycles. The van der Waals surface area contributed by atoms with E-state index in [-0.39, 0.29) is 11.8 Å². The molecular formula is C22H20ClN5O3. The van der Waals surface area contributed by atoms with E-state index in [2.05, 4.69) is 21.6 Å². The molecule has 2 aromatic carbocycles. The fourth-order valence-electron chi connectivity index (χ4n) is 3.80. The summed E-state index contributed by atoms with van der Waals surface area (Å²) in [5, 5.41) is 20.5. The fourth-order valence-corrected chi connectivity index (χ4v) is 4.02. The number of halogens is 1. The number of fused-ring (bicyclic) bond motifs is 1. The molecule has 9 heteroatoms. The Morgan fingerprint density at radius 1 is 1.32 bits per heavy atom. The molecule has 1 atom stereocenters. The second-order valence-electron chi connectivity index (χ2n) is 7.38. The predicted molar refractivity (Wildman–Crippen MR) is 117 cm³/mol. The zero-order valence-corrected chi connectivity index (χ0v) is 17.6. The van der Waals surface area contributed by atoms with E-state index in [1.165, 1.54) is 7.11 Å². The molecule has 0 bridgehead atoms. The van der Waals surface area contributed by atoms with E-state index in [1.807, 2.05) is 18.2 Å². The number of benzene rings is 2. The molecule has 1 aliphatic rings. The number of ether oxygens (including phenoxy) is 1. The van der Waals surface area contributed by atoms with Crippen LogP contribution in [0.25, 0.3) is 22.0 Å². The molecule has 0 unspecified atom stereocenters. The summed E-state index contributed by atoms with van der Waals surface area (Å²) in [5.41, 5.74) is 2.79. The number of hydrogen-bond acceptors (Lipinski definition) is 5. The van der Waals surface area contributed by atoms with E-state index < -0.39 is 6.09 Å². The predicted octanol–water partition coefficient (Wildman–Crippen LogP) is 4.17. The third-order valence-electron chi connectivity index (χ3n) is 5.44. The summed E-state index contributed by atoms with van der Waals surface area (Å²) in [6, 6.07) is 12.8. The molecule has 1 saturated heterocycles. The third kappa shape index (κ3) is 4.18. The Balaban J connectivity index is 1.59. The quantitative estimate of drug-likeness (QED) is 0.638. The molecule has 8 nitrogen and oxygen atoms in total. The average Bonchev–Trinajstić information content (AvgIpc) is 3.20. The van der Waals surface area contributed by atoms with Gasteiger partial charge in [0.25, 0.3) is 0 Å². The van der Waals surface area contributed by atoms with Crippen LogP contribution in [0, 0.1) is 17.2 Å². The Morgan fingerprint density at radius 2 is 2.16 bits per heavy atom. The zero-order valence-electron chi connectivity index (χ0n) is 16.8. The summed E-state index contributed by atoms with van der Waals surface area (Å²) >= 11 is 6.34. The van der Waals surface area contributed by atoms with Crippen molar-refractivity contribution in [1.29, 1.82) is 5.26 Å². The largest absolute Gasteiger partial charge is 0.453 e. The van der Waals surface area contributed by atoms with Crippen LogP contribution < -0.4 is 5.32 Å². The molecule has 4 rings (SSSR count). The molecule has 31 heavy (non-hydrogen) atoms. The smallest absolute Gasteiger partial charge is 0.409 e. The first kappa shape index (κ1) is 20.7. The molecule has 158 valence electrons. The summed E-state index contributed by atoms with van der Waals surface area (Å²) in [7, 11) is 1.33. The molecule has 2 N–H and O–H groups in total. The number of rotatable bonds is 3. The van der Waals surface area contributed by atoms with Crippen LogP contribution in [0.3, 0.4) is 0 Å². The lowest BCUT2D eigenvalue weighted by molar-refractivity contribution is -0.121. The van der Waals surface area contributed by atoms with Gasteiger partial charge in [0, 0.05) is 29.1 Å². The van der Waals surface area contributed by atoms with Crippen LogP contribution in [0.15, 0.2) is 36.4 Å². The van der Waals surface area contributed by atoms with Gasteiger partial charge in [-0.15, -0.1) is 0 Å². The summed E-state index contributed by atoms with van der Waals surface area (Å²) in [6.07, 6.45) is 0.986. The highest BCUT2D eigenvalue weighted by Gasteiger charge is 2.29. The van der Waals surface area contributed by atoms with Crippen LogP contribution in [0.1, 0.15) is 18.4 Å². The first-order valence-corrected chi connectivity index (χ1v) is 10.2. The molecule has 3 aromatic rings. The van der Waals surface area contributed by atoms with Gasteiger partial charge in [-0.3, -0.25) is 9.89 Å². The van der Waals surface area contributed by atoms with Crippen molar-refractivity contribution in [2.75, 3.05) is 25.5 Å². The first-order chi connectivity index (χ1) is 15.0. The maximum absolute atomic E-state index is 12.9. The Bertz CT molecular complexity index is 1200. The molecule has 1 aromatic heterocycles. The number of anilines is 1. The molecule has 0 saturated carbocycles. The molecule has 2 amide bonds. The van der Waals surface area contributed by atoms with Crippen molar-refractivity contribution in [3.63, 3.8) is 0 Å². The number of piperidine rings is 1. The van der Waals surface area contributed by atoms with E-state index in [0.717, 1.165) is 28.5 Å². The number of carbonyl (C=O) groups is 2. The minimum absolute atomic E-state index is 0.197. The number of nitrogens with zero attached hydrogens (tertiary/aromatic N) is 3. The first-order valence-electron chi connectivity index (χ1n) is 9.82. The molecule has 0 radical (unpaired) electrons. The highest BCUT2D eigenvalue weighted by atomic mass is 35.5. The average molecular weight is 438 g/mol. The number of aromatic nitrogens is 2. The van der Waals surface area contributed by atoms with E-state index in [4.69, 9.17) is 16.3 Å². The van der Waals surface area contributed by atoms with Gasteiger partial charge >= 0.3 is 6.09 Å². The minimum Gasteiger partial charge on any atom is -0.453 e. The number of nitrogens with one attached hydrogen (secondary N) is 2. The van der Waals surface area contributed by atoms with Gasteiger partial charge in [-0.1, -0.05) is 17.7 Å². The Hall–Kier alpha value is -3.57. The normalized spacial score (nSPS) is 16.0. The van der Waals surface area contributed by atoms with Gasteiger partial charge in [-0.2, -0.15) is 10.4 Å². The van der Waals surface area contributed by atoms with Crippen molar-refractivity contribution >= 4 is 40.3 Å². The second-order valence-corrected chi connectivity index (χ2v) is 7.79. The Morgan fingerprint density at radius 3 is 2.94 bits per heavy atom. The van der Waals surface area contributed by atoms with Crippen LogP contribution in [0.5, 0.6) is 0 Å². The summed E-state index contributed by atoms with van der Waals surface area (Å²) < 4.78 is 4.77. The number of carbonyl (C=O) groups excluding carboxylic acids is 2.